The maximum atomic E-state index is 10.3. The molecule has 0 spiro atoms. The van der Waals surface area contributed by atoms with Crippen LogP contribution >= 0.6 is 0 Å². The highest BCUT2D eigenvalue weighted by molar-refractivity contribution is 5.16. The third-order valence-corrected chi connectivity index (χ3v) is 4.18. The van der Waals surface area contributed by atoms with Gasteiger partial charge in [0.1, 0.15) is 0 Å². The van der Waals surface area contributed by atoms with Gasteiger partial charge in [-0.05, 0) is 49.0 Å². The van der Waals surface area contributed by atoms with Crippen LogP contribution in [0.4, 0.5) is 0 Å². The van der Waals surface area contributed by atoms with Gasteiger partial charge in [-0.2, -0.15) is 0 Å². The van der Waals surface area contributed by atoms with Crippen molar-refractivity contribution in [3.63, 3.8) is 0 Å². The molecular weight excluding hydrogens is 184 g/mol. The number of hydrogen-bond acceptors (Lipinski definition) is 1. The quantitative estimate of drug-likeness (QED) is 0.686. The fourth-order valence-electron chi connectivity index (χ4n) is 2.79. The summed E-state index contributed by atoms with van der Waals surface area (Å²) in [6, 6.07) is 0. The van der Waals surface area contributed by atoms with Crippen LogP contribution in [0.2, 0.25) is 0 Å². The van der Waals surface area contributed by atoms with E-state index in [2.05, 4.69) is 19.9 Å². The molecule has 0 saturated heterocycles. The standard InChI is InChI=1S/C14H24O/c1-14(2)10-12(14)13(15)11-8-6-4-3-5-7-9-11/h8,12-13,15H,3-7,9-10H2,1-2H3. The van der Waals surface area contributed by atoms with Crippen molar-refractivity contribution in [3.05, 3.63) is 11.6 Å². The zero-order chi connectivity index (χ0) is 10.9. The molecule has 0 aromatic carbocycles. The van der Waals surface area contributed by atoms with Crippen LogP contribution in [0.25, 0.3) is 0 Å². The Balaban J connectivity index is 1.96. The van der Waals surface area contributed by atoms with Crippen molar-refractivity contribution in [2.75, 3.05) is 0 Å². The SMILES string of the molecule is CC1(C)CC1C(O)C1=CCCCCCC1. The summed E-state index contributed by atoms with van der Waals surface area (Å²) >= 11 is 0. The average Bonchev–Trinajstić information content (AvgIpc) is 2.73. The number of hydrogen-bond donors (Lipinski definition) is 1. The van der Waals surface area contributed by atoms with Gasteiger partial charge in [0.25, 0.3) is 0 Å². The Labute approximate surface area is 93.6 Å². The van der Waals surface area contributed by atoms with Crippen molar-refractivity contribution in [1.29, 1.82) is 0 Å². The van der Waals surface area contributed by atoms with E-state index >= 15 is 0 Å². The van der Waals surface area contributed by atoms with Crippen molar-refractivity contribution in [1.82, 2.24) is 0 Å². The number of aliphatic hydroxyl groups is 1. The van der Waals surface area contributed by atoms with Gasteiger partial charge in [0.2, 0.25) is 0 Å². The molecular formula is C14H24O. The van der Waals surface area contributed by atoms with E-state index in [9.17, 15) is 5.11 Å². The van der Waals surface area contributed by atoms with Crippen LogP contribution in [-0.4, -0.2) is 11.2 Å². The lowest BCUT2D eigenvalue weighted by Crippen LogP contribution is -2.17. The van der Waals surface area contributed by atoms with Crippen LogP contribution in [0.1, 0.15) is 58.8 Å². The Hall–Kier alpha value is -0.300. The molecule has 2 aliphatic carbocycles. The van der Waals surface area contributed by atoms with Crippen molar-refractivity contribution >= 4 is 0 Å². The molecule has 0 bridgehead atoms. The van der Waals surface area contributed by atoms with Gasteiger partial charge >= 0.3 is 0 Å². The van der Waals surface area contributed by atoms with E-state index in [1.165, 1.54) is 44.1 Å². The lowest BCUT2D eigenvalue weighted by atomic mass is 9.92. The summed E-state index contributed by atoms with van der Waals surface area (Å²) in [6.07, 6.45) is 11.0. The van der Waals surface area contributed by atoms with Crippen LogP contribution in [0.3, 0.4) is 0 Å². The molecule has 1 saturated carbocycles. The largest absolute Gasteiger partial charge is 0.388 e. The van der Waals surface area contributed by atoms with Gasteiger partial charge in [-0.15, -0.1) is 0 Å². The predicted octanol–water partition coefficient (Wildman–Crippen LogP) is 3.67. The van der Waals surface area contributed by atoms with Gasteiger partial charge in [-0.1, -0.05) is 32.8 Å². The Morgan fingerprint density at radius 1 is 1.27 bits per heavy atom. The van der Waals surface area contributed by atoms with E-state index in [1.54, 1.807) is 0 Å². The maximum absolute atomic E-state index is 10.3. The predicted molar refractivity (Wildman–Crippen MR) is 63.7 cm³/mol. The zero-order valence-electron chi connectivity index (χ0n) is 10.1. The fourth-order valence-corrected chi connectivity index (χ4v) is 2.79. The van der Waals surface area contributed by atoms with Crippen molar-refractivity contribution in [3.8, 4) is 0 Å². The molecule has 1 nitrogen and oxygen atoms in total. The molecule has 2 rings (SSSR count). The smallest absolute Gasteiger partial charge is 0.0783 e. The van der Waals surface area contributed by atoms with Crippen LogP contribution in [0.5, 0.6) is 0 Å². The molecule has 1 N–H and O–H groups in total. The van der Waals surface area contributed by atoms with Gasteiger partial charge in [0.05, 0.1) is 6.10 Å². The van der Waals surface area contributed by atoms with E-state index in [0.717, 1.165) is 6.42 Å². The Morgan fingerprint density at radius 3 is 2.60 bits per heavy atom. The molecule has 2 unspecified atom stereocenters. The van der Waals surface area contributed by atoms with Crippen LogP contribution in [0, 0.1) is 11.3 Å². The molecule has 0 aromatic heterocycles. The highest BCUT2D eigenvalue weighted by Crippen LogP contribution is 2.55. The fraction of sp³-hybridized carbons (Fsp3) is 0.857. The second-order valence-electron chi connectivity index (χ2n) is 5.98. The molecule has 1 fully saturated rings. The third-order valence-electron chi connectivity index (χ3n) is 4.18. The molecule has 2 aliphatic rings. The Kier molecular flexibility index (Phi) is 3.20. The van der Waals surface area contributed by atoms with Gasteiger partial charge in [-0.25, -0.2) is 0 Å². The zero-order valence-corrected chi connectivity index (χ0v) is 10.1. The molecule has 0 aliphatic heterocycles. The van der Waals surface area contributed by atoms with Gasteiger partial charge in [0, 0.05) is 0 Å². The summed E-state index contributed by atoms with van der Waals surface area (Å²) in [5, 5.41) is 10.3. The Morgan fingerprint density at radius 2 is 1.93 bits per heavy atom. The molecule has 0 radical (unpaired) electrons. The molecule has 15 heavy (non-hydrogen) atoms. The van der Waals surface area contributed by atoms with Gasteiger partial charge in [0.15, 0.2) is 0 Å². The molecule has 0 aromatic rings. The normalized spacial score (nSPS) is 32.5. The summed E-state index contributed by atoms with van der Waals surface area (Å²) in [5.74, 6) is 0.531. The lowest BCUT2D eigenvalue weighted by molar-refractivity contribution is 0.166. The van der Waals surface area contributed by atoms with E-state index < -0.39 is 0 Å². The van der Waals surface area contributed by atoms with Crippen LogP contribution in [-0.2, 0) is 0 Å². The Bertz CT molecular complexity index is 252. The second-order valence-corrected chi connectivity index (χ2v) is 5.98. The van der Waals surface area contributed by atoms with Crippen molar-refractivity contribution in [2.45, 2.75) is 64.9 Å². The second kappa shape index (κ2) is 4.29. The monoisotopic (exact) mass is 208 g/mol. The average molecular weight is 208 g/mol. The van der Waals surface area contributed by atoms with Gasteiger partial charge < -0.3 is 5.11 Å². The molecule has 1 heteroatoms. The summed E-state index contributed by atoms with van der Waals surface area (Å²) in [4.78, 5) is 0. The van der Waals surface area contributed by atoms with E-state index in [1.807, 2.05) is 0 Å². The first-order valence-electron chi connectivity index (χ1n) is 6.48. The lowest BCUT2D eigenvalue weighted by Gasteiger charge is -2.18. The van der Waals surface area contributed by atoms with Gasteiger partial charge in [-0.3, -0.25) is 0 Å². The summed E-state index contributed by atoms with van der Waals surface area (Å²) < 4.78 is 0. The topological polar surface area (TPSA) is 20.2 Å². The van der Waals surface area contributed by atoms with Crippen molar-refractivity contribution < 1.29 is 5.11 Å². The highest BCUT2D eigenvalue weighted by atomic mass is 16.3. The third kappa shape index (κ3) is 2.63. The first-order chi connectivity index (χ1) is 7.11. The molecule has 86 valence electrons. The minimum absolute atomic E-state index is 0.141. The van der Waals surface area contributed by atoms with Crippen molar-refractivity contribution in [2.24, 2.45) is 11.3 Å². The molecule has 2 atom stereocenters. The van der Waals surface area contributed by atoms with Crippen LogP contribution < -0.4 is 0 Å². The van der Waals surface area contributed by atoms with E-state index in [4.69, 9.17) is 0 Å². The summed E-state index contributed by atoms with van der Waals surface area (Å²) in [6.45, 7) is 4.54. The first-order valence-corrected chi connectivity index (χ1v) is 6.48. The minimum atomic E-state index is -0.141. The highest BCUT2D eigenvalue weighted by Gasteiger charge is 2.50. The van der Waals surface area contributed by atoms with E-state index in [0.29, 0.717) is 11.3 Å². The van der Waals surface area contributed by atoms with E-state index in [-0.39, 0.29) is 6.10 Å². The molecule has 0 amide bonds. The summed E-state index contributed by atoms with van der Waals surface area (Å²) in [5.41, 5.74) is 1.73. The maximum Gasteiger partial charge on any atom is 0.0783 e. The summed E-state index contributed by atoms with van der Waals surface area (Å²) in [7, 11) is 0. The number of allylic oxidation sites excluding steroid dienone is 1. The van der Waals surface area contributed by atoms with Crippen LogP contribution in [0.15, 0.2) is 11.6 Å². The minimum Gasteiger partial charge on any atom is -0.388 e. The molecule has 0 heterocycles. The first kappa shape index (κ1) is 11.2. The number of rotatable bonds is 2. The number of aliphatic hydroxyl groups excluding tert-OH is 1.